The van der Waals surface area contributed by atoms with E-state index in [1.54, 1.807) is 6.07 Å². The van der Waals surface area contributed by atoms with Crippen LogP contribution in [-0.2, 0) is 5.11 Å². The van der Waals surface area contributed by atoms with Crippen LogP contribution in [0.2, 0.25) is 0 Å². The molecule has 0 atom stereocenters. The molecule has 0 heterocycles. The lowest BCUT2D eigenvalue weighted by atomic mass is 10.1. The molecule has 0 amide bonds. The van der Waals surface area contributed by atoms with Crippen LogP contribution in [0.4, 0.5) is 0 Å². The molecule has 0 saturated heterocycles. The zero-order valence-corrected chi connectivity index (χ0v) is 5.59. The molecule has 0 spiro atoms. The SMILES string of the molecule is Cc1ccc(C#N)c([O])c1. The van der Waals surface area contributed by atoms with Crippen LogP contribution in [0.25, 0.3) is 0 Å². The second-order valence-electron chi connectivity index (χ2n) is 2.11. The van der Waals surface area contributed by atoms with Gasteiger partial charge < -0.3 is 0 Å². The van der Waals surface area contributed by atoms with Gasteiger partial charge in [0, 0.05) is 0 Å². The molecule has 0 unspecified atom stereocenters. The van der Waals surface area contributed by atoms with E-state index in [4.69, 9.17) is 5.26 Å². The summed E-state index contributed by atoms with van der Waals surface area (Å²) in [6, 6.07) is 6.56. The molecule has 0 aromatic heterocycles. The fourth-order valence-electron chi connectivity index (χ4n) is 0.722. The molecule has 10 heavy (non-hydrogen) atoms. The highest BCUT2D eigenvalue weighted by molar-refractivity contribution is 5.43. The predicted molar refractivity (Wildman–Crippen MR) is 36.0 cm³/mol. The second-order valence-corrected chi connectivity index (χ2v) is 2.11. The Morgan fingerprint density at radius 3 is 2.70 bits per heavy atom. The smallest absolute Gasteiger partial charge is 0.196 e. The van der Waals surface area contributed by atoms with Crippen LogP contribution in [-0.4, -0.2) is 0 Å². The minimum absolute atomic E-state index is 0.192. The average molecular weight is 132 g/mol. The minimum atomic E-state index is -0.192. The molecule has 1 aromatic carbocycles. The van der Waals surface area contributed by atoms with E-state index < -0.39 is 0 Å². The van der Waals surface area contributed by atoms with Gasteiger partial charge in [-0.1, -0.05) is 6.07 Å². The molecule has 0 saturated carbocycles. The molecular formula is C8H6NO. The summed E-state index contributed by atoms with van der Waals surface area (Å²) in [7, 11) is 0. The third-order valence-corrected chi connectivity index (χ3v) is 1.26. The Morgan fingerprint density at radius 2 is 2.20 bits per heavy atom. The monoisotopic (exact) mass is 132 g/mol. The quantitative estimate of drug-likeness (QED) is 0.532. The van der Waals surface area contributed by atoms with Gasteiger partial charge in [-0.3, -0.25) is 5.11 Å². The maximum Gasteiger partial charge on any atom is 0.196 e. The molecule has 0 aliphatic heterocycles. The fraction of sp³-hybridized carbons (Fsp3) is 0.125. The Balaban J connectivity index is 3.23. The van der Waals surface area contributed by atoms with Crippen molar-refractivity contribution >= 4 is 0 Å². The Hall–Kier alpha value is -1.49. The topological polar surface area (TPSA) is 43.7 Å². The van der Waals surface area contributed by atoms with Crippen LogP contribution in [0, 0.1) is 18.3 Å². The van der Waals surface area contributed by atoms with Gasteiger partial charge in [0.05, 0.1) is 5.56 Å². The first-order valence-electron chi connectivity index (χ1n) is 2.92. The largest absolute Gasteiger partial charge is 0.288 e. The Bertz CT molecular complexity index is 286. The number of hydrogen-bond donors (Lipinski definition) is 0. The van der Waals surface area contributed by atoms with Crippen LogP contribution in [0.15, 0.2) is 18.2 Å². The molecule has 0 N–H and O–H groups in total. The van der Waals surface area contributed by atoms with E-state index in [0.29, 0.717) is 0 Å². The van der Waals surface area contributed by atoms with Crippen molar-refractivity contribution in [3.63, 3.8) is 0 Å². The molecule has 2 heteroatoms. The van der Waals surface area contributed by atoms with Crippen LogP contribution in [0.3, 0.4) is 0 Å². The third-order valence-electron chi connectivity index (χ3n) is 1.26. The lowest BCUT2D eigenvalue weighted by Gasteiger charge is -1.91. The molecule has 1 aromatic rings. The number of aryl methyl sites for hydroxylation is 1. The van der Waals surface area contributed by atoms with Crippen LogP contribution in [0.1, 0.15) is 11.1 Å². The lowest BCUT2D eigenvalue weighted by Crippen LogP contribution is -1.75. The Labute approximate surface area is 59.3 Å². The van der Waals surface area contributed by atoms with Crippen molar-refractivity contribution < 1.29 is 5.11 Å². The highest BCUT2D eigenvalue weighted by atomic mass is 16.3. The molecule has 1 rings (SSSR count). The van der Waals surface area contributed by atoms with Gasteiger partial charge in [-0.15, -0.1) is 0 Å². The number of nitrogens with zero attached hydrogens (tertiary/aromatic N) is 1. The van der Waals surface area contributed by atoms with Crippen molar-refractivity contribution in [2.45, 2.75) is 6.92 Å². The standard InChI is InChI=1S/C8H6NO/c1-6-2-3-7(5-9)8(10)4-6/h2-4H,1H3. The highest BCUT2D eigenvalue weighted by Crippen LogP contribution is 2.17. The van der Waals surface area contributed by atoms with Crippen molar-refractivity contribution in [2.75, 3.05) is 0 Å². The Kier molecular flexibility index (Phi) is 1.59. The van der Waals surface area contributed by atoms with Crippen molar-refractivity contribution in [1.82, 2.24) is 0 Å². The summed E-state index contributed by atoms with van der Waals surface area (Å²) in [5, 5.41) is 19.2. The molecule has 0 aliphatic carbocycles. The zero-order chi connectivity index (χ0) is 7.56. The van der Waals surface area contributed by atoms with E-state index in [0.717, 1.165) is 5.56 Å². The van der Waals surface area contributed by atoms with E-state index in [-0.39, 0.29) is 11.3 Å². The number of hydrogen-bond acceptors (Lipinski definition) is 1. The first kappa shape index (κ1) is 6.63. The highest BCUT2D eigenvalue weighted by Gasteiger charge is 1.99. The van der Waals surface area contributed by atoms with Gasteiger partial charge in [0.25, 0.3) is 0 Å². The number of rotatable bonds is 0. The normalized spacial score (nSPS) is 8.80. The summed E-state index contributed by atoms with van der Waals surface area (Å²) in [6.07, 6.45) is 0. The molecule has 0 bridgehead atoms. The van der Waals surface area contributed by atoms with Crippen molar-refractivity contribution in [1.29, 1.82) is 5.26 Å². The van der Waals surface area contributed by atoms with Gasteiger partial charge in [-0.25, -0.2) is 0 Å². The van der Waals surface area contributed by atoms with Crippen LogP contribution < -0.4 is 0 Å². The first-order chi connectivity index (χ1) is 4.74. The molecular weight excluding hydrogens is 126 g/mol. The average Bonchev–Trinajstić information content (AvgIpc) is 1.88. The summed E-state index contributed by atoms with van der Waals surface area (Å²) < 4.78 is 0. The van der Waals surface area contributed by atoms with Crippen molar-refractivity contribution in [3.8, 4) is 11.8 Å². The van der Waals surface area contributed by atoms with E-state index in [1.807, 2.05) is 13.0 Å². The van der Waals surface area contributed by atoms with Gasteiger partial charge in [-0.05, 0) is 24.6 Å². The van der Waals surface area contributed by atoms with E-state index in [2.05, 4.69) is 0 Å². The molecule has 2 nitrogen and oxygen atoms in total. The second kappa shape index (κ2) is 2.40. The van der Waals surface area contributed by atoms with E-state index >= 15 is 0 Å². The lowest BCUT2D eigenvalue weighted by molar-refractivity contribution is 0.353. The zero-order valence-electron chi connectivity index (χ0n) is 5.59. The van der Waals surface area contributed by atoms with Gasteiger partial charge in [0.1, 0.15) is 6.07 Å². The number of benzene rings is 1. The van der Waals surface area contributed by atoms with E-state index in [9.17, 15) is 5.11 Å². The van der Waals surface area contributed by atoms with Gasteiger partial charge in [0.2, 0.25) is 0 Å². The summed E-state index contributed by atoms with van der Waals surface area (Å²) in [4.78, 5) is 0. The summed E-state index contributed by atoms with van der Waals surface area (Å²) in [5.74, 6) is -0.192. The summed E-state index contributed by atoms with van der Waals surface area (Å²) >= 11 is 0. The maximum absolute atomic E-state index is 10.8. The van der Waals surface area contributed by atoms with E-state index in [1.165, 1.54) is 12.1 Å². The van der Waals surface area contributed by atoms with Crippen molar-refractivity contribution in [2.24, 2.45) is 0 Å². The van der Waals surface area contributed by atoms with Crippen LogP contribution >= 0.6 is 0 Å². The van der Waals surface area contributed by atoms with Gasteiger partial charge >= 0.3 is 0 Å². The Morgan fingerprint density at radius 1 is 1.50 bits per heavy atom. The molecule has 0 fully saturated rings. The fourth-order valence-corrected chi connectivity index (χ4v) is 0.722. The maximum atomic E-state index is 10.8. The summed E-state index contributed by atoms with van der Waals surface area (Å²) in [5.41, 5.74) is 1.11. The van der Waals surface area contributed by atoms with Crippen LogP contribution in [0.5, 0.6) is 5.75 Å². The molecule has 0 aliphatic rings. The molecule has 49 valence electrons. The molecule has 1 radical (unpaired) electrons. The predicted octanol–water partition coefficient (Wildman–Crippen LogP) is 2.01. The van der Waals surface area contributed by atoms with Gasteiger partial charge in [0.15, 0.2) is 5.75 Å². The summed E-state index contributed by atoms with van der Waals surface area (Å²) in [6.45, 7) is 1.82. The third kappa shape index (κ3) is 1.08. The first-order valence-corrected chi connectivity index (χ1v) is 2.92. The van der Waals surface area contributed by atoms with Crippen molar-refractivity contribution in [3.05, 3.63) is 29.3 Å². The van der Waals surface area contributed by atoms with Gasteiger partial charge in [-0.2, -0.15) is 5.26 Å². The number of nitriles is 1. The minimum Gasteiger partial charge on any atom is -0.288 e.